The zero-order valence-electron chi connectivity index (χ0n) is 19.1. The molecule has 2 atom stereocenters. The van der Waals surface area contributed by atoms with E-state index in [0.717, 1.165) is 57.2 Å². The first-order valence-electron chi connectivity index (χ1n) is 11.4. The third-order valence-corrected chi connectivity index (χ3v) is 9.90. The van der Waals surface area contributed by atoms with Gasteiger partial charge in [-0.05, 0) is 59.3 Å². The molecule has 1 aromatic heterocycles. The highest BCUT2D eigenvalue weighted by atomic mass is 32.2. The Morgan fingerprint density at radius 3 is 2.65 bits per heavy atom. The highest BCUT2D eigenvalue weighted by Gasteiger charge is 2.45. The Morgan fingerprint density at radius 2 is 2.03 bits per heavy atom. The Kier molecular flexibility index (Phi) is 7.48. The van der Waals surface area contributed by atoms with E-state index in [9.17, 15) is 13.2 Å². The molecular formula is C22H36N2O6S. The van der Waals surface area contributed by atoms with Crippen LogP contribution in [0.4, 0.5) is 5.88 Å². The molecule has 1 amide bonds. The zero-order chi connectivity index (χ0) is 22.7. The topological polar surface area (TPSA) is 108 Å². The quantitative estimate of drug-likeness (QED) is 0.599. The molecular weight excluding hydrogens is 420 g/mol. The highest BCUT2D eigenvalue weighted by Crippen LogP contribution is 2.42. The number of rotatable bonds is 9. The summed E-state index contributed by atoms with van der Waals surface area (Å²) in [4.78, 5) is 12.8. The van der Waals surface area contributed by atoms with E-state index < -0.39 is 25.7 Å². The third kappa shape index (κ3) is 4.98. The van der Waals surface area contributed by atoms with Crippen molar-refractivity contribution in [1.29, 1.82) is 0 Å². The molecule has 0 radical (unpaired) electrons. The van der Waals surface area contributed by atoms with Crippen molar-refractivity contribution in [3.05, 3.63) is 11.8 Å². The number of hydrogen-bond acceptors (Lipinski definition) is 7. The molecule has 1 unspecified atom stereocenters. The number of nitrogens with one attached hydrogen (secondary N) is 1. The predicted molar refractivity (Wildman–Crippen MR) is 118 cm³/mol. The summed E-state index contributed by atoms with van der Waals surface area (Å²) in [7, 11) is -3.66. The summed E-state index contributed by atoms with van der Waals surface area (Å²) in [5.41, 5.74) is 0.463. The van der Waals surface area contributed by atoms with Crippen LogP contribution in [0.25, 0.3) is 0 Å². The van der Waals surface area contributed by atoms with E-state index in [2.05, 4.69) is 10.5 Å². The van der Waals surface area contributed by atoms with Crippen molar-refractivity contribution < 1.29 is 27.2 Å². The van der Waals surface area contributed by atoms with Gasteiger partial charge < -0.3 is 14.0 Å². The van der Waals surface area contributed by atoms with Crippen molar-refractivity contribution in [3.8, 4) is 0 Å². The molecule has 2 aliphatic rings. The van der Waals surface area contributed by atoms with Gasteiger partial charge in [0.1, 0.15) is 4.75 Å². The van der Waals surface area contributed by atoms with Crippen LogP contribution in [0, 0.1) is 0 Å². The molecule has 176 valence electrons. The molecule has 1 aromatic rings. The average molecular weight is 457 g/mol. The fourth-order valence-corrected chi connectivity index (χ4v) is 6.07. The van der Waals surface area contributed by atoms with E-state index in [1.807, 2.05) is 0 Å². The first-order chi connectivity index (χ1) is 14.6. The van der Waals surface area contributed by atoms with Gasteiger partial charge in [-0.1, -0.05) is 24.9 Å². The van der Waals surface area contributed by atoms with Gasteiger partial charge in [0.15, 0.2) is 16.1 Å². The highest BCUT2D eigenvalue weighted by molar-refractivity contribution is 7.94. The van der Waals surface area contributed by atoms with Crippen LogP contribution in [0.2, 0.25) is 0 Å². The van der Waals surface area contributed by atoms with Crippen LogP contribution in [0.3, 0.4) is 0 Å². The second-order valence-corrected chi connectivity index (χ2v) is 12.3. The summed E-state index contributed by atoms with van der Waals surface area (Å²) < 4.78 is 41.2. The maximum absolute atomic E-state index is 12.8. The average Bonchev–Trinajstić information content (AvgIpc) is 3.42. The molecule has 8 nitrogen and oxygen atoms in total. The number of anilines is 1. The van der Waals surface area contributed by atoms with Crippen molar-refractivity contribution >= 4 is 21.6 Å². The maximum Gasteiger partial charge on any atom is 0.247 e. The van der Waals surface area contributed by atoms with Gasteiger partial charge in [-0.15, -0.1) is 0 Å². The van der Waals surface area contributed by atoms with Gasteiger partial charge in [-0.3, -0.25) is 10.1 Å². The molecule has 1 saturated carbocycles. The maximum atomic E-state index is 12.8. The number of carbonyl (C=O) groups excluding carboxylic acids is 1. The standard InChI is InChI=1S/C22H36N2O6S/c1-5-16(2)31(26,27)21(3,4)20(25)23-18-14-17(24-30-18)22(11-7-8-12-22)15-29-19-10-6-9-13-28-19/h14,16,19H,5-13,15H2,1-4H3,(H,23,25)/t16-,19?/m0/s1. The lowest BCUT2D eigenvalue weighted by Gasteiger charge is -2.30. The monoisotopic (exact) mass is 456 g/mol. The Hall–Kier alpha value is -1.45. The lowest BCUT2D eigenvalue weighted by atomic mass is 9.83. The van der Waals surface area contributed by atoms with E-state index in [0.29, 0.717) is 13.0 Å². The van der Waals surface area contributed by atoms with Crippen LogP contribution < -0.4 is 5.32 Å². The molecule has 1 saturated heterocycles. The fourth-order valence-electron chi connectivity index (χ4n) is 4.32. The van der Waals surface area contributed by atoms with Gasteiger partial charge in [0, 0.05) is 18.1 Å². The van der Waals surface area contributed by atoms with Crippen LogP contribution >= 0.6 is 0 Å². The lowest BCUT2D eigenvalue weighted by molar-refractivity contribution is -0.172. The molecule has 0 bridgehead atoms. The van der Waals surface area contributed by atoms with Crippen LogP contribution in [-0.4, -0.2) is 49.0 Å². The number of amides is 1. The minimum Gasteiger partial charge on any atom is -0.353 e. The van der Waals surface area contributed by atoms with Crippen molar-refractivity contribution in [3.63, 3.8) is 0 Å². The van der Waals surface area contributed by atoms with Gasteiger partial charge >= 0.3 is 0 Å². The number of nitrogens with zero attached hydrogens (tertiary/aromatic N) is 1. The first kappa shape index (κ1) is 24.2. The number of ether oxygens (including phenoxy) is 2. The van der Waals surface area contributed by atoms with Crippen LogP contribution in [0.1, 0.15) is 84.8 Å². The first-order valence-corrected chi connectivity index (χ1v) is 12.9. The van der Waals surface area contributed by atoms with Gasteiger partial charge in [-0.2, -0.15) is 0 Å². The Bertz CT molecular complexity index is 851. The molecule has 0 aromatic carbocycles. The van der Waals surface area contributed by atoms with Gasteiger partial charge in [0.05, 0.1) is 17.6 Å². The second kappa shape index (κ2) is 9.58. The van der Waals surface area contributed by atoms with Crippen LogP contribution in [0.5, 0.6) is 0 Å². The number of sulfone groups is 1. The van der Waals surface area contributed by atoms with E-state index in [1.165, 1.54) is 13.8 Å². The fraction of sp³-hybridized carbons (Fsp3) is 0.818. The number of hydrogen-bond donors (Lipinski definition) is 1. The minimum absolute atomic E-state index is 0.160. The van der Waals surface area contributed by atoms with E-state index >= 15 is 0 Å². The number of carbonyl (C=O) groups is 1. The molecule has 1 aliphatic heterocycles. The molecule has 0 spiro atoms. The third-order valence-electron chi connectivity index (χ3n) is 6.90. The summed E-state index contributed by atoms with van der Waals surface area (Å²) in [5, 5.41) is 6.23. The second-order valence-electron chi connectivity index (χ2n) is 9.40. The van der Waals surface area contributed by atoms with E-state index in [4.69, 9.17) is 14.0 Å². The summed E-state index contributed by atoms with van der Waals surface area (Å²) in [6.45, 7) is 7.49. The molecule has 2 heterocycles. The Balaban J connectivity index is 1.71. The molecule has 2 fully saturated rings. The SMILES string of the molecule is CC[C@H](C)S(=O)(=O)C(C)(C)C(=O)Nc1cc(C2(COC3CCCCO3)CCCC2)no1. The summed E-state index contributed by atoms with van der Waals surface area (Å²) in [6.07, 6.45) is 7.33. The summed E-state index contributed by atoms with van der Waals surface area (Å²) in [6, 6.07) is 1.71. The predicted octanol–water partition coefficient (Wildman–Crippen LogP) is 3.96. The van der Waals surface area contributed by atoms with E-state index in [-0.39, 0.29) is 17.6 Å². The van der Waals surface area contributed by atoms with Crippen molar-refractivity contribution in [1.82, 2.24) is 5.16 Å². The normalized spacial score (nSPS) is 22.9. The molecule has 3 rings (SSSR count). The van der Waals surface area contributed by atoms with Gasteiger partial charge in [-0.25, -0.2) is 8.42 Å². The smallest absolute Gasteiger partial charge is 0.247 e. The van der Waals surface area contributed by atoms with Crippen molar-refractivity contribution in [2.45, 2.75) is 101 Å². The van der Waals surface area contributed by atoms with Gasteiger partial charge in [0.2, 0.25) is 11.8 Å². The Labute approximate surface area is 185 Å². The molecule has 1 aliphatic carbocycles. The van der Waals surface area contributed by atoms with E-state index in [1.54, 1.807) is 19.9 Å². The largest absolute Gasteiger partial charge is 0.353 e. The zero-order valence-corrected chi connectivity index (χ0v) is 19.9. The summed E-state index contributed by atoms with van der Waals surface area (Å²) >= 11 is 0. The minimum atomic E-state index is -3.66. The van der Waals surface area contributed by atoms with Crippen LogP contribution in [-0.2, 0) is 29.5 Å². The summed E-state index contributed by atoms with van der Waals surface area (Å²) in [5.74, 6) is -0.463. The molecule has 9 heteroatoms. The molecule has 1 N–H and O–H groups in total. The number of aromatic nitrogens is 1. The van der Waals surface area contributed by atoms with Crippen molar-refractivity contribution in [2.24, 2.45) is 0 Å². The van der Waals surface area contributed by atoms with Gasteiger partial charge in [0.25, 0.3) is 0 Å². The lowest BCUT2D eigenvalue weighted by Crippen LogP contribution is -2.48. The Morgan fingerprint density at radius 1 is 1.32 bits per heavy atom. The molecule has 31 heavy (non-hydrogen) atoms. The van der Waals surface area contributed by atoms with Crippen LogP contribution in [0.15, 0.2) is 10.6 Å². The van der Waals surface area contributed by atoms with Crippen molar-refractivity contribution in [2.75, 3.05) is 18.5 Å².